The number of anilines is 1. The van der Waals surface area contributed by atoms with Gasteiger partial charge in [0.05, 0.1) is 5.69 Å². The first-order valence-corrected chi connectivity index (χ1v) is 7.03. The van der Waals surface area contributed by atoms with E-state index in [-0.39, 0.29) is 11.5 Å². The molecule has 16 heavy (non-hydrogen) atoms. The largest absolute Gasteiger partial charge is 0.396 e. The Balaban J connectivity index is 1.78. The standard InChI is InChI=1S/C13H18FNS/c14-12-7-11(5-6-13(12)15)9-16-8-10-3-1-2-4-10/h5-7,10H,1-4,8-9,15H2. The third kappa shape index (κ3) is 3.14. The van der Waals surface area contributed by atoms with E-state index in [0.29, 0.717) is 0 Å². The molecule has 1 fully saturated rings. The zero-order chi connectivity index (χ0) is 11.4. The number of nitrogen functional groups attached to an aromatic ring is 1. The average molecular weight is 239 g/mol. The number of thioether (sulfide) groups is 1. The molecule has 88 valence electrons. The van der Waals surface area contributed by atoms with Gasteiger partial charge in [0.15, 0.2) is 0 Å². The summed E-state index contributed by atoms with van der Waals surface area (Å²) in [7, 11) is 0. The third-order valence-electron chi connectivity index (χ3n) is 3.16. The lowest BCUT2D eigenvalue weighted by Gasteiger charge is -2.08. The van der Waals surface area contributed by atoms with Crippen molar-refractivity contribution in [2.45, 2.75) is 31.4 Å². The highest BCUT2D eigenvalue weighted by atomic mass is 32.2. The highest BCUT2D eigenvalue weighted by Crippen LogP contribution is 2.29. The predicted molar refractivity (Wildman–Crippen MR) is 68.9 cm³/mol. The molecule has 0 aliphatic heterocycles. The molecule has 0 spiro atoms. The Morgan fingerprint density at radius 2 is 2.06 bits per heavy atom. The second-order valence-electron chi connectivity index (χ2n) is 4.52. The first-order valence-electron chi connectivity index (χ1n) is 5.87. The van der Waals surface area contributed by atoms with Crippen LogP contribution in [0.15, 0.2) is 18.2 Å². The van der Waals surface area contributed by atoms with Crippen LogP contribution < -0.4 is 5.73 Å². The second-order valence-corrected chi connectivity index (χ2v) is 5.55. The van der Waals surface area contributed by atoms with Crippen molar-refractivity contribution in [3.8, 4) is 0 Å². The van der Waals surface area contributed by atoms with Crippen LogP contribution in [0.5, 0.6) is 0 Å². The molecule has 0 bridgehead atoms. The van der Waals surface area contributed by atoms with E-state index in [1.165, 1.54) is 31.4 Å². The minimum Gasteiger partial charge on any atom is -0.396 e. The van der Waals surface area contributed by atoms with Gasteiger partial charge in [-0.05, 0) is 42.2 Å². The van der Waals surface area contributed by atoms with E-state index in [4.69, 9.17) is 5.73 Å². The van der Waals surface area contributed by atoms with Gasteiger partial charge in [-0.1, -0.05) is 18.9 Å². The lowest BCUT2D eigenvalue weighted by Crippen LogP contribution is -1.97. The molecule has 1 aliphatic carbocycles. The molecule has 1 aliphatic rings. The molecule has 0 atom stereocenters. The quantitative estimate of drug-likeness (QED) is 0.808. The van der Waals surface area contributed by atoms with E-state index in [2.05, 4.69) is 0 Å². The van der Waals surface area contributed by atoms with Crippen molar-refractivity contribution in [2.75, 3.05) is 11.5 Å². The Morgan fingerprint density at radius 3 is 2.75 bits per heavy atom. The summed E-state index contributed by atoms with van der Waals surface area (Å²) in [5.74, 6) is 2.71. The van der Waals surface area contributed by atoms with E-state index in [0.717, 1.165) is 17.2 Å². The van der Waals surface area contributed by atoms with E-state index in [1.54, 1.807) is 12.1 Å². The summed E-state index contributed by atoms with van der Waals surface area (Å²) in [5.41, 5.74) is 6.71. The van der Waals surface area contributed by atoms with Gasteiger partial charge < -0.3 is 5.73 Å². The molecular weight excluding hydrogens is 221 g/mol. The predicted octanol–water partition coefficient (Wildman–Crippen LogP) is 3.83. The van der Waals surface area contributed by atoms with Crippen LogP contribution in [0.4, 0.5) is 10.1 Å². The average Bonchev–Trinajstić information content (AvgIpc) is 2.76. The first-order chi connectivity index (χ1) is 7.75. The molecule has 1 aromatic carbocycles. The van der Waals surface area contributed by atoms with E-state index in [9.17, 15) is 4.39 Å². The zero-order valence-corrected chi connectivity index (χ0v) is 10.2. The van der Waals surface area contributed by atoms with Gasteiger partial charge in [-0.2, -0.15) is 11.8 Å². The lowest BCUT2D eigenvalue weighted by molar-refractivity contribution is 0.623. The SMILES string of the molecule is Nc1ccc(CSCC2CCCC2)cc1F. The van der Waals surface area contributed by atoms with Crippen molar-refractivity contribution in [1.29, 1.82) is 0 Å². The Morgan fingerprint density at radius 1 is 1.31 bits per heavy atom. The highest BCUT2D eigenvalue weighted by Gasteiger charge is 2.14. The Bertz CT molecular complexity index is 348. The van der Waals surface area contributed by atoms with E-state index < -0.39 is 0 Å². The minimum atomic E-state index is -0.293. The monoisotopic (exact) mass is 239 g/mol. The molecule has 0 amide bonds. The maximum absolute atomic E-state index is 13.2. The molecule has 1 aromatic rings. The molecule has 1 saturated carbocycles. The molecular formula is C13H18FNS. The van der Waals surface area contributed by atoms with Crippen LogP contribution in [-0.2, 0) is 5.75 Å². The smallest absolute Gasteiger partial charge is 0.146 e. The number of nitrogens with two attached hydrogens (primary N) is 1. The molecule has 2 rings (SSSR count). The van der Waals surface area contributed by atoms with E-state index in [1.807, 2.05) is 17.8 Å². The second kappa shape index (κ2) is 5.58. The molecule has 1 nitrogen and oxygen atoms in total. The van der Waals surface area contributed by atoms with Crippen molar-refractivity contribution >= 4 is 17.4 Å². The summed E-state index contributed by atoms with van der Waals surface area (Å²) in [6.07, 6.45) is 5.54. The normalized spacial score (nSPS) is 16.8. The summed E-state index contributed by atoms with van der Waals surface area (Å²) in [5, 5.41) is 0. The molecule has 0 heterocycles. The molecule has 2 N–H and O–H groups in total. The van der Waals surface area contributed by atoms with Crippen molar-refractivity contribution < 1.29 is 4.39 Å². The maximum Gasteiger partial charge on any atom is 0.146 e. The number of benzene rings is 1. The third-order valence-corrected chi connectivity index (χ3v) is 4.41. The molecule has 0 aromatic heterocycles. The molecule has 3 heteroatoms. The van der Waals surface area contributed by atoms with Gasteiger partial charge in [0.2, 0.25) is 0 Å². The minimum absolute atomic E-state index is 0.240. The zero-order valence-electron chi connectivity index (χ0n) is 9.42. The van der Waals surface area contributed by atoms with Crippen LogP contribution in [-0.4, -0.2) is 5.75 Å². The van der Waals surface area contributed by atoms with Crippen molar-refractivity contribution in [1.82, 2.24) is 0 Å². The summed E-state index contributed by atoms with van der Waals surface area (Å²) in [6, 6.07) is 5.12. The first kappa shape index (κ1) is 11.8. The van der Waals surface area contributed by atoms with Gasteiger partial charge in [-0.15, -0.1) is 0 Å². The van der Waals surface area contributed by atoms with E-state index >= 15 is 0 Å². The topological polar surface area (TPSA) is 26.0 Å². The summed E-state index contributed by atoms with van der Waals surface area (Å²) in [6.45, 7) is 0. The Hall–Kier alpha value is -0.700. The van der Waals surface area contributed by atoms with Crippen LogP contribution in [0, 0.1) is 11.7 Å². The fraction of sp³-hybridized carbons (Fsp3) is 0.538. The number of rotatable bonds is 4. The molecule has 0 radical (unpaired) electrons. The molecule has 0 saturated heterocycles. The number of hydrogen-bond donors (Lipinski definition) is 1. The van der Waals surface area contributed by atoms with Crippen molar-refractivity contribution in [3.05, 3.63) is 29.6 Å². The lowest BCUT2D eigenvalue weighted by atomic mass is 10.1. The van der Waals surface area contributed by atoms with Crippen LogP contribution in [0.2, 0.25) is 0 Å². The van der Waals surface area contributed by atoms with Gasteiger partial charge >= 0.3 is 0 Å². The van der Waals surface area contributed by atoms with Crippen LogP contribution in [0.1, 0.15) is 31.2 Å². The molecule has 0 unspecified atom stereocenters. The Labute approximate surface area is 101 Å². The van der Waals surface area contributed by atoms with Gasteiger partial charge in [0, 0.05) is 5.75 Å². The van der Waals surface area contributed by atoms with Crippen LogP contribution >= 0.6 is 11.8 Å². The fourth-order valence-electron chi connectivity index (χ4n) is 2.18. The van der Waals surface area contributed by atoms with Crippen LogP contribution in [0.3, 0.4) is 0 Å². The fourth-order valence-corrected chi connectivity index (χ4v) is 3.38. The maximum atomic E-state index is 13.2. The van der Waals surface area contributed by atoms with Gasteiger partial charge in [-0.3, -0.25) is 0 Å². The number of halogens is 1. The summed E-state index contributed by atoms with van der Waals surface area (Å²) in [4.78, 5) is 0. The highest BCUT2D eigenvalue weighted by molar-refractivity contribution is 7.98. The van der Waals surface area contributed by atoms with Gasteiger partial charge in [-0.25, -0.2) is 4.39 Å². The van der Waals surface area contributed by atoms with Crippen molar-refractivity contribution in [3.63, 3.8) is 0 Å². The van der Waals surface area contributed by atoms with Gasteiger partial charge in [0.25, 0.3) is 0 Å². The van der Waals surface area contributed by atoms with Crippen LogP contribution in [0.25, 0.3) is 0 Å². The Kier molecular flexibility index (Phi) is 4.10. The van der Waals surface area contributed by atoms with Gasteiger partial charge in [0.1, 0.15) is 5.82 Å². The van der Waals surface area contributed by atoms with Crippen molar-refractivity contribution in [2.24, 2.45) is 5.92 Å². The summed E-state index contributed by atoms with van der Waals surface area (Å²) >= 11 is 1.91. The number of hydrogen-bond acceptors (Lipinski definition) is 2. The summed E-state index contributed by atoms with van der Waals surface area (Å²) < 4.78 is 13.2.